The summed E-state index contributed by atoms with van der Waals surface area (Å²) in [6.07, 6.45) is 0. The number of anilines is 2. The van der Waals surface area contributed by atoms with Crippen molar-refractivity contribution < 1.29 is 28.7 Å². The molecule has 0 atom stereocenters. The van der Waals surface area contributed by atoms with Crippen LogP contribution in [-0.4, -0.2) is 35.8 Å². The summed E-state index contributed by atoms with van der Waals surface area (Å²) in [5.41, 5.74) is -0.627. The van der Waals surface area contributed by atoms with Crippen LogP contribution in [0.5, 0.6) is 5.75 Å². The third kappa shape index (κ3) is 4.14. The first-order valence-corrected chi connectivity index (χ1v) is 8.06. The molecule has 8 nitrogen and oxygen atoms in total. The highest BCUT2D eigenvalue weighted by Crippen LogP contribution is 2.34. The molecule has 1 saturated heterocycles. The van der Waals surface area contributed by atoms with E-state index in [1.54, 1.807) is 6.07 Å². The largest absolute Gasteiger partial charge is 0.493 e. The second-order valence-electron chi connectivity index (χ2n) is 6.65. The summed E-state index contributed by atoms with van der Waals surface area (Å²) in [7, 11) is 0. The van der Waals surface area contributed by atoms with Crippen molar-refractivity contribution in [1.29, 1.82) is 0 Å². The van der Waals surface area contributed by atoms with Crippen LogP contribution in [0, 0.1) is 21.3 Å². The summed E-state index contributed by atoms with van der Waals surface area (Å²) in [5.74, 6) is -1.78. The quantitative estimate of drug-likeness (QED) is 0.561. The Morgan fingerprint density at radius 2 is 2.04 bits per heavy atom. The lowest BCUT2D eigenvalue weighted by molar-refractivity contribution is -0.384. The van der Waals surface area contributed by atoms with Crippen molar-refractivity contribution in [3.63, 3.8) is 0 Å². The van der Waals surface area contributed by atoms with Gasteiger partial charge in [0.25, 0.3) is 5.69 Å². The van der Waals surface area contributed by atoms with E-state index in [0.717, 1.165) is 6.07 Å². The number of nitro benzene ring substituents is 1. The van der Waals surface area contributed by atoms with Gasteiger partial charge >= 0.3 is 5.97 Å². The third-order valence-electron chi connectivity index (χ3n) is 4.14. The van der Waals surface area contributed by atoms with Crippen LogP contribution in [0.3, 0.4) is 0 Å². The fourth-order valence-corrected chi connectivity index (χ4v) is 2.54. The van der Waals surface area contributed by atoms with Crippen LogP contribution >= 0.6 is 0 Å². The number of hydrogen-bond donors (Lipinski definition) is 2. The predicted octanol–water partition coefficient (Wildman–Crippen LogP) is 3.59. The van der Waals surface area contributed by atoms with E-state index in [4.69, 9.17) is 14.6 Å². The zero-order valence-corrected chi connectivity index (χ0v) is 14.4. The molecule has 0 aromatic heterocycles. The van der Waals surface area contributed by atoms with Crippen LogP contribution in [-0.2, 0) is 4.74 Å². The van der Waals surface area contributed by atoms with Crippen LogP contribution in [0.25, 0.3) is 0 Å². The molecule has 27 heavy (non-hydrogen) atoms. The molecule has 0 unspecified atom stereocenters. The van der Waals surface area contributed by atoms with Gasteiger partial charge in [-0.25, -0.2) is 9.18 Å². The number of nitrogens with one attached hydrogen (secondary N) is 1. The first-order chi connectivity index (χ1) is 12.8. The Morgan fingerprint density at radius 1 is 1.33 bits per heavy atom. The van der Waals surface area contributed by atoms with E-state index >= 15 is 0 Å². The topological polar surface area (TPSA) is 111 Å². The molecule has 142 valence electrons. The Morgan fingerprint density at radius 3 is 2.59 bits per heavy atom. The van der Waals surface area contributed by atoms with Crippen molar-refractivity contribution in [2.24, 2.45) is 5.41 Å². The highest BCUT2D eigenvalue weighted by molar-refractivity contribution is 5.88. The summed E-state index contributed by atoms with van der Waals surface area (Å²) in [4.78, 5) is 21.6. The van der Waals surface area contributed by atoms with Crippen LogP contribution in [0.15, 0.2) is 36.4 Å². The second kappa shape index (κ2) is 7.20. The Hall–Kier alpha value is -3.20. The van der Waals surface area contributed by atoms with Gasteiger partial charge in [-0.2, -0.15) is 0 Å². The third-order valence-corrected chi connectivity index (χ3v) is 4.14. The second-order valence-corrected chi connectivity index (χ2v) is 6.65. The van der Waals surface area contributed by atoms with Crippen molar-refractivity contribution in [1.82, 2.24) is 0 Å². The maximum atomic E-state index is 14.1. The van der Waals surface area contributed by atoms with E-state index in [0.29, 0.717) is 25.6 Å². The Kier molecular flexibility index (Phi) is 4.95. The number of nitro groups is 1. The van der Waals surface area contributed by atoms with Crippen LogP contribution in [0.4, 0.5) is 21.5 Å². The lowest BCUT2D eigenvalue weighted by atomic mass is 9.90. The lowest BCUT2D eigenvalue weighted by Gasteiger charge is -2.37. The predicted molar refractivity (Wildman–Crippen MR) is 94.2 cm³/mol. The molecule has 1 aliphatic rings. The monoisotopic (exact) mass is 376 g/mol. The minimum atomic E-state index is -1.27. The maximum absolute atomic E-state index is 14.1. The number of benzene rings is 2. The molecule has 2 aromatic carbocycles. The first kappa shape index (κ1) is 18.6. The van der Waals surface area contributed by atoms with Gasteiger partial charge in [-0.05, 0) is 30.3 Å². The van der Waals surface area contributed by atoms with E-state index in [-0.39, 0.29) is 28.0 Å². The summed E-state index contributed by atoms with van der Waals surface area (Å²) in [5, 5.41) is 22.9. The van der Waals surface area contributed by atoms with Gasteiger partial charge in [0.05, 0.1) is 42.1 Å². The number of carboxylic acids is 1. The fraction of sp³-hybridized carbons (Fsp3) is 0.278. The van der Waals surface area contributed by atoms with Gasteiger partial charge in [0, 0.05) is 5.41 Å². The van der Waals surface area contributed by atoms with Crippen LogP contribution in [0.2, 0.25) is 0 Å². The molecule has 3 rings (SSSR count). The fourth-order valence-electron chi connectivity index (χ4n) is 2.54. The molecule has 1 aliphatic heterocycles. The lowest BCUT2D eigenvalue weighted by Crippen LogP contribution is -2.44. The van der Waals surface area contributed by atoms with E-state index < -0.39 is 16.7 Å². The average Bonchev–Trinajstić information content (AvgIpc) is 2.60. The van der Waals surface area contributed by atoms with E-state index in [1.807, 2.05) is 6.92 Å². The molecule has 1 fully saturated rings. The van der Waals surface area contributed by atoms with Gasteiger partial charge in [0.15, 0.2) is 0 Å². The van der Waals surface area contributed by atoms with Crippen molar-refractivity contribution >= 4 is 23.0 Å². The molecule has 9 heteroatoms. The van der Waals surface area contributed by atoms with Crippen molar-refractivity contribution in [2.45, 2.75) is 6.92 Å². The summed E-state index contributed by atoms with van der Waals surface area (Å²) in [6.45, 7) is 3.49. The summed E-state index contributed by atoms with van der Waals surface area (Å²) in [6, 6.07) is 7.48. The molecule has 2 aromatic rings. The standard InChI is InChI=1S/C18H17FN2O6/c1-18(8-26-9-18)10-27-12-3-5-15(16(7-12)21(24)25)20-14-4-2-11(17(22)23)6-13(14)19/h2-7,20H,8-10H2,1H3,(H,22,23). The number of ether oxygens (including phenoxy) is 2. The minimum Gasteiger partial charge on any atom is -0.493 e. The van der Waals surface area contributed by atoms with Crippen LogP contribution in [0.1, 0.15) is 17.3 Å². The Balaban J connectivity index is 1.80. The molecular formula is C18H17FN2O6. The maximum Gasteiger partial charge on any atom is 0.335 e. The number of carboxylic acid groups (broad SMARTS) is 1. The van der Waals surface area contributed by atoms with Gasteiger partial charge in [-0.15, -0.1) is 0 Å². The van der Waals surface area contributed by atoms with Gasteiger partial charge in [0.2, 0.25) is 0 Å². The number of carbonyl (C=O) groups is 1. The zero-order valence-electron chi connectivity index (χ0n) is 14.4. The molecule has 1 heterocycles. The normalized spacial score (nSPS) is 14.9. The van der Waals surface area contributed by atoms with E-state index in [1.165, 1.54) is 24.3 Å². The zero-order chi connectivity index (χ0) is 19.6. The number of rotatable bonds is 7. The van der Waals surface area contributed by atoms with Crippen molar-refractivity contribution in [2.75, 3.05) is 25.1 Å². The highest BCUT2D eigenvalue weighted by Gasteiger charge is 2.34. The Bertz CT molecular complexity index is 897. The number of halogens is 1. The van der Waals surface area contributed by atoms with Gasteiger partial charge in [-0.1, -0.05) is 6.92 Å². The summed E-state index contributed by atoms with van der Waals surface area (Å²) >= 11 is 0. The molecule has 0 bridgehead atoms. The van der Waals surface area contributed by atoms with Crippen molar-refractivity contribution in [3.05, 3.63) is 57.9 Å². The number of aromatic carboxylic acids is 1. The molecule has 2 N–H and O–H groups in total. The highest BCUT2D eigenvalue weighted by atomic mass is 19.1. The molecule has 0 saturated carbocycles. The minimum absolute atomic E-state index is 0.0625. The van der Waals surface area contributed by atoms with E-state index in [9.17, 15) is 19.3 Å². The van der Waals surface area contributed by atoms with Gasteiger partial charge in [-0.3, -0.25) is 10.1 Å². The van der Waals surface area contributed by atoms with Gasteiger partial charge < -0.3 is 19.9 Å². The SMILES string of the molecule is CC1(COc2ccc(Nc3ccc(C(=O)O)cc3F)c([N+](=O)[O-])c2)COC1. The van der Waals surface area contributed by atoms with Crippen molar-refractivity contribution in [3.8, 4) is 5.75 Å². The average molecular weight is 376 g/mol. The van der Waals surface area contributed by atoms with Gasteiger partial charge in [0.1, 0.15) is 17.3 Å². The molecule has 0 aliphatic carbocycles. The van der Waals surface area contributed by atoms with E-state index in [2.05, 4.69) is 5.32 Å². The molecule has 0 radical (unpaired) electrons. The summed E-state index contributed by atoms with van der Waals surface area (Å²) < 4.78 is 24.8. The molecular weight excluding hydrogens is 359 g/mol. The number of nitrogens with zero attached hydrogens (tertiary/aromatic N) is 1. The number of hydrogen-bond acceptors (Lipinski definition) is 6. The Labute approximate surface area is 153 Å². The van der Waals surface area contributed by atoms with Crippen LogP contribution < -0.4 is 10.1 Å². The molecule has 0 spiro atoms. The molecule has 0 amide bonds. The first-order valence-electron chi connectivity index (χ1n) is 8.06. The smallest absolute Gasteiger partial charge is 0.335 e.